The van der Waals surface area contributed by atoms with E-state index in [0.29, 0.717) is 0 Å². The van der Waals surface area contributed by atoms with Crippen molar-refractivity contribution in [3.05, 3.63) is 0 Å². The Morgan fingerprint density at radius 2 is 1.69 bits per heavy atom. The summed E-state index contributed by atoms with van der Waals surface area (Å²) in [7, 11) is 0. The molecule has 0 aliphatic carbocycles. The molecule has 3 rings (SSSR count). The van der Waals surface area contributed by atoms with E-state index in [1.807, 2.05) is 0 Å². The minimum Gasteiger partial charge on any atom is -0.357 e. The van der Waals surface area contributed by atoms with Crippen molar-refractivity contribution >= 4 is 5.96 Å². The van der Waals surface area contributed by atoms with Crippen molar-refractivity contribution in [2.45, 2.75) is 70.8 Å². The number of guanidine groups is 1. The number of nitrogens with one attached hydrogen (secondary N) is 1. The molecule has 0 aromatic rings. The molecule has 3 fully saturated rings. The van der Waals surface area contributed by atoms with E-state index < -0.39 is 0 Å². The fraction of sp³-hybridized carbons (Fsp3) is 0.952. The van der Waals surface area contributed by atoms with Gasteiger partial charge >= 0.3 is 0 Å². The number of nitrogens with zero attached hydrogens (tertiary/aromatic N) is 4. The quantitative estimate of drug-likeness (QED) is 0.408. The first-order chi connectivity index (χ1) is 12.9. The molecule has 0 aromatic heterocycles. The lowest BCUT2D eigenvalue weighted by Crippen LogP contribution is -2.42. The summed E-state index contributed by atoms with van der Waals surface area (Å²) in [6.07, 6.45) is 12.2. The average Bonchev–Trinajstić information content (AvgIpc) is 3.36. The SMILES string of the molecule is CCNC(=NCCCCCN1CCCCC1)N1CCC(N2CCCC2)C1. The summed E-state index contributed by atoms with van der Waals surface area (Å²) >= 11 is 0. The summed E-state index contributed by atoms with van der Waals surface area (Å²) in [5.74, 6) is 1.16. The number of piperidine rings is 1. The van der Waals surface area contributed by atoms with Gasteiger partial charge < -0.3 is 15.1 Å². The highest BCUT2D eigenvalue weighted by Gasteiger charge is 2.30. The van der Waals surface area contributed by atoms with Gasteiger partial charge in [-0.2, -0.15) is 0 Å². The zero-order chi connectivity index (χ0) is 18.0. The fourth-order valence-corrected chi connectivity index (χ4v) is 4.76. The highest BCUT2D eigenvalue weighted by molar-refractivity contribution is 5.80. The first-order valence-corrected chi connectivity index (χ1v) is 11.4. The van der Waals surface area contributed by atoms with Crippen molar-refractivity contribution in [3.8, 4) is 0 Å². The third kappa shape index (κ3) is 6.12. The van der Waals surface area contributed by atoms with Crippen LogP contribution in [-0.4, -0.2) is 85.6 Å². The smallest absolute Gasteiger partial charge is 0.193 e. The number of rotatable bonds is 8. The summed E-state index contributed by atoms with van der Waals surface area (Å²) in [6, 6.07) is 0.755. The zero-order valence-electron chi connectivity index (χ0n) is 17.1. The Morgan fingerprint density at radius 3 is 2.46 bits per heavy atom. The van der Waals surface area contributed by atoms with Gasteiger partial charge in [0.1, 0.15) is 0 Å². The molecule has 150 valence electrons. The van der Waals surface area contributed by atoms with Crippen LogP contribution in [0.25, 0.3) is 0 Å². The predicted octanol–water partition coefficient (Wildman–Crippen LogP) is 2.78. The van der Waals surface area contributed by atoms with Crippen LogP contribution in [0.5, 0.6) is 0 Å². The van der Waals surface area contributed by atoms with Gasteiger partial charge in [-0.3, -0.25) is 9.89 Å². The first-order valence-electron chi connectivity index (χ1n) is 11.4. The van der Waals surface area contributed by atoms with Crippen LogP contribution in [-0.2, 0) is 0 Å². The molecule has 3 aliphatic rings. The van der Waals surface area contributed by atoms with E-state index in [2.05, 4.69) is 26.9 Å². The number of unbranched alkanes of at least 4 members (excludes halogenated alkanes) is 2. The van der Waals surface area contributed by atoms with Crippen LogP contribution in [0.1, 0.15) is 64.7 Å². The van der Waals surface area contributed by atoms with E-state index in [-0.39, 0.29) is 0 Å². The number of likely N-dealkylation sites (tertiary alicyclic amines) is 3. The van der Waals surface area contributed by atoms with Crippen molar-refractivity contribution < 1.29 is 0 Å². The topological polar surface area (TPSA) is 34.1 Å². The molecular weight excluding hydrogens is 322 g/mol. The maximum absolute atomic E-state index is 4.94. The Bertz CT molecular complexity index is 413. The van der Waals surface area contributed by atoms with Crippen LogP contribution in [0.15, 0.2) is 4.99 Å². The molecule has 0 radical (unpaired) electrons. The van der Waals surface area contributed by atoms with Gasteiger partial charge in [-0.1, -0.05) is 12.8 Å². The van der Waals surface area contributed by atoms with Crippen LogP contribution in [0.3, 0.4) is 0 Å². The number of aliphatic imine (C=N–C) groups is 1. The van der Waals surface area contributed by atoms with E-state index in [9.17, 15) is 0 Å². The standard InChI is InChI=1S/C21H41N5/c1-2-22-21(26-18-11-20(19-26)25-16-9-10-17-25)23-12-5-3-6-13-24-14-7-4-8-15-24/h20H,2-19H2,1H3,(H,22,23). The fourth-order valence-electron chi connectivity index (χ4n) is 4.76. The first kappa shape index (κ1) is 19.9. The van der Waals surface area contributed by atoms with Crippen molar-refractivity contribution in [1.29, 1.82) is 0 Å². The zero-order valence-corrected chi connectivity index (χ0v) is 17.1. The van der Waals surface area contributed by atoms with Crippen molar-refractivity contribution in [2.24, 2.45) is 4.99 Å². The molecule has 26 heavy (non-hydrogen) atoms. The van der Waals surface area contributed by atoms with E-state index >= 15 is 0 Å². The van der Waals surface area contributed by atoms with E-state index in [0.717, 1.165) is 25.1 Å². The molecule has 3 heterocycles. The van der Waals surface area contributed by atoms with E-state index in [4.69, 9.17) is 4.99 Å². The largest absolute Gasteiger partial charge is 0.357 e. The van der Waals surface area contributed by atoms with E-state index in [1.54, 1.807) is 0 Å². The number of hydrogen-bond acceptors (Lipinski definition) is 3. The van der Waals surface area contributed by atoms with Gasteiger partial charge in [0.25, 0.3) is 0 Å². The molecule has 1 N–H and O–H groups in total. The summed E-state index contributed by atoms with van der Waals surface area (Å²) in [4.78, 5) is 12.8. The Hall–Kier alpha value is -0.810. The highest BCUT2D eigenvalue weighted by atomic mass is 15.3. The molecule has 5 heteroatoms. The average molecular weight is 364 g/mol. The maximum atomic E-state index is 4.94. The molecule has 3 aliphatic heterocycles. The molecule has 0 spiro atoms. The summed E-state index contributed by atoms with van der Waals surface area (Å²) in [6.45, 7) is 13.0. The van der Waals surface area contributed by atoms with Gasteiger partial charge in [0, 0.05) is 32.2 Å². The summed E-state index contributed by atoms with van der Waals surface area (Å²) in [5.41, 5.74) is 0. The second-order valence-corrected chi connectivity index (χ2v) is 8.33. The van der Waals surface area contributed by atoms with Gasteiger partial charge in [0.2, 0.25) is 0 Å². The molecule has 0 bridgehead atoms. The summed E-state index contributed by atoms with van der Waals surface area (Å²) in [5, 5.41) is 3.53. The van der Waals surface area contributed by atoms with Crippen molar-refractivity contribution in [1.82, 2.24) is 20.0 Å². The molecule has 0 amide bonds. The van der Waals surface area contributed by atoms with Crippen LogP contribution in [0.2, 0.25) is 0 Å². The third-order valence-corrected chi connectivity index (χ3v) is 6.30. The predicted molar refractivity (Wildman–Crippen MR) is 111 cm³/mol. The van der Waals surface area contributed by atoms with Gasteiger partial charge in [0.15, 0.2) is 5.96 Å². The van der Waals surface area contributed by atoms with E-state index in [1.165, 1.54) is 104 Å². The van der Waals surface area contributed by atoms with Crippen LogP contribution >= 0.6 is 0 Å². The Morgan fingerprint density at radius 1 is 0.923 bits per heavy atom. The summed E-state index contributed by atoms with van der Waals surface area (Å²) < 4.78 is 0. The Balaban J connectivity index is 1.34. The van der Waals surface area contributed by atoms with Crippen molar-refractivity contribution in [2.75, 3.05) is 58.9 Å². The highest BCUT2D eigenvalue weighted by Crippen LogP contribution is 2.20. The molecule has 5 nitrogen and oxygen atoms in total. The van der Waals surface area contributed by atoms with Crippen molar-refractivity contribution in [3.63, 3.8) is 0 Å². The molecule has 3 saturated heterocycles. The lowest BCUT2D eigenvalue weighted by molar-refractivity contribution is 0.224. The molecular formula is C21H41N5. The van der Waals surface area contributed by atoms with Gasteiger partial charge in [0.05, 0.1) is 0 Å². The van der Waals surface area contributed by atoms with Crippen LogP contribution in [0, 0.1) is 0 Å². The maximum Gasteiger partial charge on any atom is 0.193 e. The lowest BCUT2D eigenvalue weighted by Gasteiger charge is -2.26. The monoisotopic (exact) mass is 363 g/mol. The van der Waals surface area contributed by atoms with Crippen LogP contribution < -0.4 is 5.32 Å². The Kier molecular flexibility index (Phi) is 8.53. The Labute approximate surface area is 161 Å². The molecule has 0 saturated carbocycles. The molecule has 1 unspecified atom stereocenters. The van der Waals surface area contributed by atoms with Crippen LogP contribution in [0.4, 0.5) is 0 Å². The molecule has 0 aromatic carbocycles. The third-order valence-electron chi connectivity index (χ3n) is 6.30. The number of hydrogen-bond donors (Lipinski definition) is 1. The lowest BCUT2D eigenvalue weighted by atomic mass is 10.1. The van der Waals surface area contributed by atoms with Gasteiger partial charge in [-0.15, -0.1) is 0 Å². The second kappa shape index (κ2) is 11.1. The minimum atomic E-state index is 0.755. The normalized spacial score (nSPS) is 26.0. The van der Waals surface area contributed by atoms with Gasteiger partial charge in [-0.25, -0.2) is 0 Å². The van der Waals surface area contributed by atoms with Gasteiger partial charge in [-0.05, 0) is 84.6 Å². The minimum absolute atomic E-state index is 0.755. The second-order valence-electron chi connectivity index (χ2n) is 8.33. The molecule has 1 atom stereocenters.